The predicted octanol–water partition coefficient (Wildman–Crippen LogP) is 1.86. The van der Waals surface area contributed by atoms with Crippen molar-refractivity contribution in [1.82, 2.24) is 9.88 Å². The summed E-state index contributed by atoms with van der Waals surface area (Å²) in [7, 11) is 1.65. The third-order valence-corrected chi connectivity index (χ3v) is 2.89. The minimum atomic E-state index is 0.0321. The van der Waals surface area contributed by atoms with E-state index in [2.05, 4.69) is 5.32 Å². The molecular formula is C15H18N2O2. The van der Waals surface area contributed by atoms with Gasteiger partial charge in [-0.25, -0.2) is 0 Å². The number of amides is 1. The molecule has 0 bridgehead atoms. The van der Waals surface area contributed by atoms with Crippen molar-refractivity contribution >= 4 is 5.91 Å². The van der Waals surface area contributed by atoms with Crippen LogP contribution in [-0.2, 0) is 17.8 Å². The number of ether oxygens (including phenoxy) is 1. The number of nitrogens with zero attached hydrogens (tertiary/aromatic N) is 1. The van der Waals surface area contributed by atoms with Crippen LogP contribution in [0, 0.1) is 0 Å². The Kier molecular flexibility index (Phi) is 4.61. The van der Waals surface area contributed by atoms with Gasteiger partial charge < -0.3 is 14.6 Å². The molecule has 0 aliphatic heterocycles. The molecule has 0 unspecified atom stereocenters. The van der Waals surface area contributed by atoms with Crippen LogP contribution in [0.15, 0.2) is 48.8 Å². The Hall–Kier alpha value is -2.23. The smallest absolute Gasteiger partial charge is 0.239 e. The molecule has 0 saturated heterocycles. The van der Waals surface area contributed by atoms with E-state index in [1.54, 1.807) is 7.11 Å². The third kappa shape index (κ3) is 4.17. The zero-order valence-electron chi connectivity index (χ0n) is 11.0. The van der Waals surface area contributed by atoms with Crippen LogP contribution in [0.3, 0.4) is 0 Å². The molecule has 1 aromatic heterocycles. The van der Waals surface area contributed by atoms with Gasteiger partial charge in [0.25, 0.3) is 0 Å². The summed E-state index contributed by atoms with van der Waals surface area (Å²) in [5.74, 6) is 0.880. The topological polar surface area (TPSA) is 43.3 Å². The summed E-state index contributed by atoms with van der Waals surface area (Å²) in [6, 6.07) is 11.7. The maximum Gasteiger partial charge on any atom is 0.239 e. The van der Waals surface area contributed by atoms with E-state index in [-0.39, 0.29) is 5.91 Å². The number of nitrogens with one attached hydrogen (secondary N) is 1. The first-order valence-electron chi connectivity index (χ1n) is 6.28. The van der Waals surface area contributed by atoms with Crippen LogP contribution in [0.2, 0.25) is 0 Å². The van der Waals surface area contributed by atoms with Crippen LogP contribution in [0.5, 0.6) is 5.75 Å². The molecule has 0 fully saturated rings. The second-order valence-corrected chi connectivity index (χ2v) is 4.30. The molecule has 4 nitrogen and oxygen atoms in total. The standard InChI is InChI=1S/C15H18N2O2/c1-19-14-6-4-13(5-7-14)8-9-16-15(18)12-17-10-2-3-11-17/h2-7,10-11H,8-9,12H2,1H3,(H,16,18). The molecule has 100 valence electrons. The van der Waals surface area contributed by atoms with Crippen LogP contribution >= 0.6 is 0 Å². The number of carbonyl (C=O) groups is 1. The van der Waals surface area contributed by atoms with Gasteiger partial charge in [0.1, 0.15) is 12.3 Å². The summed E-state index contributed by atoms with van der Waals surface area (Å²) in [6.07, 6.45) is 4.58. The van der Waals surface area contributed by atoms with Crippen molar-refractivity contribution < 1.29 is 9.53 Å². The first kappa shape index (κ1) is 13.2. The quantitative estimate of drug-likeness (QED) is 0.859. The van der Waals surface area contributed by atoms with Gasteiger partial charge in [0.15, 0.2) is 0 Å². The zero-order valence-corrected chi connectivity index (χ0v) is 11.0. The Bertz CT molecular complexity index is 503. The second-order valence-electron chi connectivity index (χ2n) is 4.30. The molecule has 4 heteroatoms. The van der Waals surface area contributed by atoms with Gasteiger partial charge in [-0.05, 0) is 36.2 Å². The number of hydrogen-bond acceptors (Lipinski definition) is 2. The first-order valence-corrected chi connectivity index (χ1v) is 6.28. The Morgan fingerprint density at radius 1 is 1.21 bits per heavy atom. The fourth-order valence-corrected chi connectivity index (χ4v) is 1.84. The lowest BCUT2D eigenvalue weighted by molar-refractivity contribution is -0.121. The summed E-state index contributed by atoms with van der Waals surface area (Å²) in [4.78, 5) is 11.6. The third-order valence-electron chi connectivity index (χ3n) is 2.89. The Labute approximate surface area is 113 Å². The van der Waals surface area contributed by atoms with E-state index in [4.69, 9.17) is 4.74 Å². The van der Waals surface area contributed by atoms with Gasteiger partial charge in [0.2, 0.25) is 5.91 Å². The monoisotopic (exact) mass is 258 g/mol. The van der Waals surface area contributed by atoms with Gasteiger partial charge in [0.05, 0.1) is 7.11 Å². The SMILES string of the molecule is COc1ccc(CCNC(=O)Cn2cccc2)cc1. The van der Waals surface area contributed by atoms with Crippen molar-refractivity contribution in [3.63, 3.8) is 0 Å². The second kappa shape index (κ2) is 6.64. The van der Waals surface area contributed by atoms with Crippen molar-refractivity contribution in [2.45, 2.75) is 13.0 Å². The van der Waals surface area contributed by atoms with E-state index in [1.165, 1.54) is 5.56 Å². The Morgan fingerprint density at radius 2 is 1.89 bits per heavy atom. The van der Waals surface area contributed by atoms with Crippen LogP contribution in [0.25, 0.3) is 0 Å². The molecule has 0 saturated carbocycles. The van der Waals surface area contributed by atoms with Gasteiger partial charge >= 0.3 is 0 Å². The summed E-state index contributed by atoms with van der Waals surface area (Å²) < 4.78 is 6.95. The maximum absolute atomic E-state index is 11.6. The van der Waals surface area contributed by atoms with Gasteiger partial charge in [0, 0.05) is 18.9 Å². The minimum Gasteiger partial charge on any atom is -0.497 e. The summed E-state index contributed by atoms with van der Waals surface area (Å²) in [6.45, 7) is 1.02. The van der Waals surface area contributed by atoms with Crippen LogP contribution in [0.1, 0.15) is 5.56 Å². The minimum absolute atomic E-state index is 0.0321. The van der Waals surface area contributed by atoms with E-state index in [1.807, 2.05) is 53.4 Å². The lowest BCUT2D eigenvalue weighted by Crippen LogP contribution is -2.28. The van der Waals surface area contributed by atoms with Crippen LogP contribution < -0.4 is 10.1 Å². The molecule has 0 radical (unpaired) electrons. The summed E-state index contributed by atoms with van der Waals surface area (Å²) in [5.41, 5.74) is 1.18. The highest BCUT2D eigenvalue weighted by Gasteiger charge is 2.01. The number of carbonyl (C=O) groups excluding carboxylic acids is 1. The molecule has 2 aromatic rings. The van der Waals surface area contributed by atoms with E-state index in [9.17, 15) is 4.79 Å². The van der Waals surface area contributed by atoms with Crippen molar-refractivity contribution in [2.75, 3.05) is 13.7 Å². The predicted molar refractivity (Wildman–Crippen MR) is 74.1 cm³/mol. The number of rotatable bonds is 6. The zero-order chi connectivity index (χ0) is 13.5. The fraction of sp³-hybridized carbons (Fsp3) is 0.267. The highest BCUT2D eigenvalue weighted by molar-refractivity contribution is 5.75. The number of methoxy groups -OCH3 is 1. The van der Waals surface area contributed by atoms with Gasteiger partial charge in [-0.15, -0.1) is 0 Å². The van der Waals surface area contributed by atoms with Crippen LogP contribution in [0.4, 0.5) is 0 Å². The average molecular weight is 258 g/mol. The van der Waals surface area contributed by atoms with Crippen molar-refractivity contribution in [2.24, 2.45) is 0 Å². The van der Waals surface area contributed by atoms with E-state index in [0.29, 0.717) is 13.1 Å². The molecule has 1 heterocycles. The molecule has 1 amide bonds. The first-order chi connectivity index (χ1) is 9.28. The lowest BCUT2D eigenvalue weighted by atomic mass is 10.1. The average Bonchev–Trinajstić information content (AvgIpc) is 2.92. The Morgan fingerprint density at radius 3 is 2.53 bits per heavy atom. The molecule has 0 spiro atoms. The molecule has 0 aliphatic carbocycles. The van der Waals surface area contributed by atoms with Gasteiger partial charge in [-0.3, -0.25) is 4.79 Å². The van der Waals surface area contributed by atoms with Crippen LogP contribution in [-0.4, -0.2) is 24.1 Å². The van der Waals surface area contributed by atoms with Crippen molar-refractivity contribution in [1.29, 1.82) is 0 Å². The van der Waals surface area contributed by atoms with E-state index in [0.717, 1.165) is 12.2 Å². The largest absolute Gasteiger partial charge is 0.497 e. The maximum atomic E-state index is 11.6. The normalized spacial score (nSPS) is 10.2. The number of benzene rings is 1. The molecule has 1 N–H and O–H groups in total. The molecule has 0 atom stereocenters. The molecule has 0 aliphatic rings. The molecule has 1 aromatic carbocycles. The van der Waals surface area contributed by atoms with Gasteiger partial charge in [-0.2, -0.15) is 0 Å². The lowest BCUT2D eigenvalue weighted by Gasteiger charge is -2.07. The Balaban J connectivity index is 1.72. The highest BCUT2D eigenvalue weighted by Crippen LogP contribution is 2.11. The molecular weight excluding hydrogens is 240 g/mol. The summed E-state index contributed by atoms with van der Waals surface area (Å²) in [5, 5.41) is 2.91. The molecule has 2 rings (SSSR count). The van der Waals surface area contributed by atoms with Gasteiger partial charge in [-0.1, -0.05) is 12.1 Å². The summed E-state index contributed by atoms with van der Waals surface area (Å²) >= 11 is 0. The number of aromatic nitrogens is 1. The molecule has 19 heavy (non-hydrogen) atoms. The van der Waals surface area contributed by atoms with Crippen molar-refractivity contribution in [3.05, 3.63) is 54.4 Å². The van der Waals surface area contributed by atoms with E-state index >= 15 is 0 Å². The van der Waals surface area contributed by atoms with E-state index < -0.39 is 0 Å². The number of hydrogen-bond donors (Lipinski definition) is 1. The van der Waals surface area contributed by atoms with Crippen molar-refractivity contribution in [3.8, 4) is 5.75 Å². The highest BCUT2D eigenvalue weighted by atomic mass is 16.5. The fourth-order valence-electron chi connectivity index (χ4n) is 1.84.